The summed E-state index contributed by atoms with van der Waals surface area (Å²) < 4.78 is 21.7. The molecule has 0 fully saturated rings. The normalized spacial score (nSPS) is 18.1. The molecule has 0 spiro atoms. The van der Waals surface area contributed by atoms with Crippen LogP contribution in [0.1, 0.15) is 76.5 Å². The fourth-order valence-corrected chi connectivity index (χ4v) is 6.90. The molecule has 2 N–H and O–H groups in total. The molecule has 2 aliphatic rings. The largest absolute Gasteiger partial charge is 0.493 e. The summed E-state index contributed by atoms with van der Waals surface area (Å²) in [4.78, 5) is 27.6. The zero-order chi connectivity index (χ0) is 28.6. The Morgan fingerprint density at radius 1 is 1.05 bits per heavy atom. The minimum absolute atomic E-state index is 0.0655. The molecule has 1 aliphatic carbocycles. The highest BCUT2D eigenvalue weighted by atomic mass is 32.1. The van der Waals surface area contributed by atoms with E-state index in [1.165, 1.54) is 31.8 Å². The van der Waals surface area contributed by atoms with Crippen LogP contribution >= 0.6 is 11.3 Å². The summed E-state index contributed by atoms with van der Waals surface area (Å²) in [7, 11) is 4.47. The Labute approximate surface area is 239 Å². The van der Waals surface area contributed by atoms with Crippen molar-refractivity contribution < 1.29 is 28.5 Å². The zero-order valence-electron chi connectivity index (χ0n) is 23.8. The van der Waals surface area contributed by atoms with E-state index in [1.807, 2.05) is 6.07 Å². The number of esters is 1. The van der Waals surface area contributed by atoms with Gasteiger partial charge in [0, 0.05) is 4.88 Å². The van der Waals surface area contributed by atoms with Gasteiger partial charge < -0.3 is 29.6 Å². The second kappa shape index (κ2) is 11.0. The molecule has 0 saturated heterocycles. The Hall–Kier alpha value is -3.72. The van der Waals surface area contributed by atoms with Crippen LogP contribution in [-0.2, 0) is 12.8 Å². The van der Waals surface area contributed by atoms with Crippen LogP contribution in [0.25, 0.3) is 0 Å². The molecule has 1 aromatic heterocycles. The number of fused-ring (bicyclic) bond motifs is 3. The highest BCUT2D eigenvalue weighted by Gasteiger charge is 2.37. The number of rotatable bonds is 8. The van der Waals surface area contributed by atoms with Gasteiger partial charge in [-0.2, -0.15) is 0 Å². The van der Waals surface area contributed by atoms with Crippen molar-refractivity contribution in [1.29, 1.82) is 0 Å². The number of methoxy groups -OCH3 is 3. The fraction of sp³-hybridized carbons (Fsp3) is 0.419. The van der Waals surface area contributed by atoms with Crippen LogP contribution in [0.5, 0.6) is 23.0 Å². The lowest BCUT2D eigenvalue weighted by atomic mass is 9.69. The number of ether oxygens (including phenoxy) is 4. The first-order chi connectivity index (χ1) is 19.2. The average Bonchev–Trinajstić information content (AvgIpc) is 3.34. The molecule has 1 aliphatic heterocycles. The third-order valence-corrected chi connectivity index (χ3v) is 9.55. The predicted molar refractivity (Wildman–Crippen MR) is 155 cm³/mol. The Balaban J connectivity index is 1.35. The number of thiophene rings is 1. The van der Waals surface area contributed by atoms with Gasteiger partial charge in [-0.05, 0) is 66.0 Å². The van der Waals surface area contributed by atoms with Gasteiger partial charge in [0.1, 0.15) is 16.9 Å². The van der Waals surface area contributed by atoms with Gasteiger partial charge in [-0.15, -0.1) is 11.3 Å². The Bertz CT molecular complexity index is 1420. The molecule has 1 amide bonds. The van der Waals surface area contributed by atoms with E-state index in [0.29, 0.717) is 28.9 Å². The van der Waals surface area contributed by atoms with E-state index >= 15 is 0 Å². The topological polar surface area (TPSA) is 95.1 Å². The number of hydrogen-bond acceptors (Lipinski definition) is 8. The second-order valence-corrected chi connectivity index (χ2v) is 12.0. The number of anilines is 1. The van der Waals surface area contributed by atoms with E-state index in [-0.39, 0.29) is 16.9 Å². The highest BCUT2D eigenvalue weighted by molar-refractivity contribution is 7.16. The van der Waals surface area contributed by atoms with Gasteiger partial charge in [0.2, 0.25) is 5.75 Å². The van der Waals surface area contributed by atoms with E-state index in [9.17, 15) is 9.59 Å². The summed E-state index contributed by atoms with van der Waals surface area (Å²) in [6, 6.07) is 10.2. The lowest BCUT2D eigenvalue weighted by Crippen LogP contribution is -2.38. The molecule has 2 unspecified atom stereocenters. The van der Waals surface area contributed by atoms with Crippen LogP contribution in [0, 0.1) is 11.3 Å². The smallest absolute Gasteiger partial charge is 0.343 e. The van der Waals surface area contributed by atoms with Gasteiger partial charge in [0.25, 0.3) is 5.91 Å². The summed E-state index contributed by atoms with van der Waals surface area (Å²) in [6.45, 7) is 6.95. The lowest BCUT2D eigenvalue weighted by molar-refractivity contribution is 0.0733. The highest BCUT2D eigenvalue weighted by Crippen LogP contribution is 2.47. The molecule has 3 aromatic rings. The molecule has 2 aromatic carbocycles. The molecular weight excluding hydrogens is 528 g/mol. The molecule has 0 saturated carbocycles. The molecule has 0 bridgehead atoms. The number of amides is 1. The van der Waals surface area contributed by atoms with Crippen LogP contribution in [-0.4, -0.2) is 33.2 Å². The van der Waals surface area contributed by atoms with Gasteiger partial charge in [0.15, 0.2) is 11.5 Å². The van der Waals surface area contributed by atoms with Crippen LogP contribution in [0.3, 0.4) is 0 Å². The first kappa shape index (κ1) is 27.8. The van der Waals surface area contributed by atoms with Crippen molar-refractivity contribution >= 4 is 28.2 Å². The number of benzene rings is 2. The van der Waals surface area contributed by atoms with Gasteiger partial charge >= 0.3 is 5.97 Å². The van der Waals surface area contributed by atoms with E-state index in [0.717, 1.165) is 41.8 Å². The van der Waals surface area contributed by atoms with Crippen molar-refractivity contribution in [3.8, 4) is 23.0 Å². The van der Waals surface area contributed by atoms with Crippen molar-refractivity contribution in [1.82, 2.24) is 5.32 Å². The van der Waals surface area contributed by atoms with Crippen LogP contribution in [0.4, 0.5) is 5.00 Å². The van der Waals surface area contributed by atoms with Crippen LogP contribution in [0.2, 0.25) is 0 Å². The maximum Gasteiger partial charge on any atom is 0.343 e. The summed E-state index contributed by atoms with van der Waals surface area (Å²) in [6.07, 6.45) is 3.75. The molecule has 2 atom stereocenters. The summed E-state index contributed by atoms with van der Waals surface area (Å²) >= 11 is 1.70. The minimum Gasteiger partial charge on any atom is -0.493 e. The third-order valence-electron chi connectivity index (χ3n) is 8.36. The molecule has 0 radical (unpaired) electrons. The first-order valence-corrected chi connectivity index (χ1v) is 14.3. The maximum atomic E-state index is 13.3. The van der Waals surface area contributed by atoms with Crippen molar-refractivity contribution in [3.05, 3.63) is 63.5 Å². The Kier molecular flexibility index (Phi) is 7.68. The molecular formula is C31H36N2O6S. The zero-order valence-corrected chi connectivity index (χ0v) is 24.6. The molecule has 5 rings (SSSR count). The van der Waals surface area contributed by atoms with Crippen LogP contribution < -0.4 is 29.6 Å². The number of carbonyl (C=O) groups is 2. The third kappa shape index (κ3) is 5.10. The van der Waals surface area contributed by atoms with Crippen molar-refractivity contribution in [3.63, 3.8) is 0 Å². The Morgan fingerprint density at radius 2 is 1.77 bits per heavy atom. The summed E-state index contributed by atoms with van der Waals surface area (Å²) in [5.41, 5.74) is 3.29. The molecule has 8 nitrogen and oxygen atoms in total. The minimum atomic E-state index is -0.574. The Morgan fingerprint density at radius 3 is 2.42 bits per heavy atom. The SMILES string of the molecule is CCC(C)(C)C1CCc2c(sc3c2C(=O)NC(c2cccc(OC(=O)c4cc(OC)c(OC)c(OC)c4)c2)N3)C1. The van der Waals surface area contributed by atoms with Gasteiger partial charge in [-0.25, -0.2) is 4.79 Å². The number of hydrogen-bond donors (Lipinski definition) is 2. The van der Waals surface area contributed by atoms with Gasteiger partial charge in [-0.1, -0.05) is 39.3 Å². The molecule has 9 heteroatoms. The number of nitrogens with one attached hydrogen (secondary N) is 2. The van der Waals surface area contributed by atoms with E-state index in [2.05, 4.69) is 31.4 Å². The van der Waals surface area contributed by atoms with E-state index < -0.39 is 12.1 Å². The molecule has 212 valence electrons. The monoisotopic (exact) mass is 564 g/mol. The van der Waals surface area contributed by atoms with Crippen molar-refractivity contribution in [2.45, 2.75) is 52.6 Å². The summed E-state index contributed by atoms with van der Waals surface area (Å²) in [5.74, 6) is 1.43. The van der Waals surface area contributed by atoms with Crippen molar-refractivity contribution in [2.75, 3.05) is 26.6 Å². The number of carbonyl (C=O) groups excluding carboxylic acids is 2. The molecule has 2 heterocycles. The second-order valence-electron chi connectivity index (χ2n) is 10.9. The van der Waals surface area contributed by atoms with Crippen LogP contribution in [0.15, 0.2) is 36.4 Å². The van der Waals surface area contributed by atoms with Gasteiger partial charge in [-0.3, -0.25) is 4.79 Å². The fourth-order valence-electron chi connectivity index (χ4n) is 5.54. The van der Waals surface area contributed by atoms with Gasteiger partial charge in [0.05, 0.1) is 32.5 Å². The maximum absolute atomic E-state index is 13.3. The van der Waals surface area contributed by atoms with E-state index in [4.69, 9.17) is 18.9 Å². The first-order valence-electron chi connectivity index (χ1n) is 13.5. The standard InChI is InChI=1S/C31H36N2O6S/c1-7-31(2,3)19-11-12-21-24(16-19)40-29-25(21)28(34)32-27(33-29)17-9-8-10-20(13-17)39-30(35)18-14-22(36-4)26(38-6)23(15-18)37-5/h8-10,13-15,19,27,33H,7,11-12,16H2,1-6H3,(H,32,34). The summed E-state index contributed by atoms with van der Waals surface area (Å²) in [5, 5.41) is 7.54. The average molecular weight is 565 g/mol. The van der Waals surface area contributed by atoms with E-state index in [1.54, 1.807) is 41.7 Å². The predicted octanol–water partition coefficient (Wildman–Crippen LogP) is 6.39. The quantitative estimate of drug-likeness (QED) is 0.242. The van der Waals surface area contributed by atoms with Crippen molar-refractivity contribution in [2.24, 2.45) is 11.3 Å². The molecule has 40 heavy (non-hydrogen) atoms. The lowest BCUT2D eigenvalue weighted by Gasteiger charge is -2.36.